The lowest BCUT2D eigenvalue weighted by Crippen LogP contribution is -2.26. The van der Waals surface area contributed by atoms with E-state index in [0.717, 1.165) is 34.0 Å². The van der Waals surface area contributed by atoms with E-state index in [0.29, 0.717) is 6.67 Å². The average molecular weight is 779 g/mol. The van der Waals surface area contributed by atoms with E-state index < -0.39 is 0 Å². The van der Waals surface area contributed by atoms with Crippen LogP contribution in [0.25, 0.3) is 27.9 Å². The highest BCUT2D eigenvalue weighted by atomic mass is 16.5. The van der Waals surface area contributed by atoms with Crippen LogP contribution in [-0.2, 0) is 10.8 Å². The minimum absolute atomic E-state index is 0.0524. The van der Waals surface area contributed by atoms with Gasteiger partial charge in [-0.15, -0.1) is 0 Å². The number of hydrogen-bond acceptors (Lipinski definition) is 4. The molecule has 0 N–H and O–H groups in total. The Balaban J connectivity index is 1.31. The predicted molar refractivity (Wildman–Crippen MR) is 249 cm³/mol. The van der Waals surface area contributed by atoms with Crippen molar-refractivity contribution < 1.29 is 4.74 Å². The van der Waals surface area contributed by atoms with Crippen LogP contribution in [0.15, 0.2) is 122 Å². The number of nitrogens with zero attached hydrogens (tertiary/aromatic N) is 4. The molecule has 0 bridgehead atoms. The van der Waals surface area contributed by atoms with E-state index >= 15 is 0 Å². The van der Waals surface area contributed by atoms with Gasteiger partial charge in [0.2, 0.25) is 0 Å². The summed E-state index contributed by atoms with van der Waals surface area (Å²) < 4.78 is 8.74. The zero-order valence-corrected chi connectivity index (χ0v) is 37.0. The van der Waals surface area contributed by atoms with Gasteiger partial charge in [-0.25, -0.2) is 4.68 Å². The average Bonchev–Trinajstić information content (AvgIpc) is 3.80. The van der Waals surface area contributed by atoms with Crippen LogP contribution in [-0.4, -0.2) is 16.4 Å². The molecule has 300 valence electrons. The number of hydrogen-bond donors (Lipinski definition) is 0. The van der Waals surface area contributed by atoms with Crippen LogP contribution in [0.4, 0.5) is 22.7 Å². The van der Waals surface area contributed by atoms with Gasteiger partial charge in [-0.3, -0.25) is 0 Å². The molecule has 1 aliphatic rings. The van der Waals surface area contributed by atoms with Gasteiger partial charge in [-0.1, -0.05) is 119 Å². The normalized spacial score (nSPS) is 12.9. The van der Waals surface area contributed by atoms with Crippen LogP contribution < -0.4 is 14.5 Å². The zero-order valence-electron chi connectivity index (χ0n) is 37.0. The molecule has 7 aromatic rings. The van der Waals surface area contributed by atoms with E-state index in [-0.39, 0.29) is 10.8 Å². The number of ether oxygens (including phenoxy) is 1. The summed E-state index contributed by atoms with van der Waals surface area (Å²) >= 11 is 0. The minimum Gasteiger partial charge on any atom is -0.457 e. The smallest absolute Gasteiger partial charge is 0.129 e. The maximum Gasteiger partial charge on any atom is 0.129 e. The number of anilines is 4. The van der Waals surface area contributed by atoms with E-state index in [4.69, 9.17) is 9.84 Å². The second-order valence-corrected chi connectivity index (χ2v) is 18.7. The van der Waals surface area contributed by atoms with Crippen molar-refractivity contribution in [1.82, 2.24) is 9.78 Å². The van der Waals surface area contributed by atoms with Gasteiger partial charge in [0.25, 0.3) is 0 Å². The lowest BCUT2D eigenvalue weighted by atomic mass is 9.79. The van der Waals surface area contributed by atoms with E-state index in [2.05, 4.69) is 190 Å². The van der Waals surface area contributed by atoms with E-state index in [1.807, 2.05) is 29.1 Å². The van der Waals surface area contributed by atoms with Crippen LogP contribution in [0.3, 0.4) is 0 Å². The Morgan fingerprint density at radius 3 is 1.83 bits per heavy atom. The molecular weight excluding hydrogens is 721 g/mol. The van der Waals surface area contributed by atoms with Gasteiger partial charge in [0.1, 0.15) is 18.2 Å². The van der Waals surface area contributed by atoms with Crippen LogP contribution in [0.1, 0.15) is 86.1 Å². The molecule has 0 amide bonds. The molecule has 59 heavy (non-hydrogen) atoms. The summed E-state index contributed by atoms with van der Waals surface area (Å²) in [4.78, 5) is 5.13. The van der Waals surface area contributed by atoms with Gasteiger partial charge in [0, 0.05) is 35.1 Å². The monoisotopic (exact) mass is 778 g/mol. The molecule has 0 spiro atoms. The molecule has 0 atom stereocenters. The maximum atomic E-state index is 6.83. The van der Waals surface area contributed by atoms with Gasteiger partial charge >= 0.3 is 0 Å². The van der Waals surface area contributed by atoms with Crippen molar-refractivity contribution in [2.75, 3.05) is 16.5 Å². The molecule has 5 heteroatoms. The quantitative estimate of drug-likeness (QED) is 0.161. The third kappa shape index (κ3) is 7.67. The molecule has 1 aromatic heterocycles. The van der Waals surface area contributed by atoms with Crippen LogP contribution >= 0.6 is 0 Å². The van der Waals surface area contributed by atoms with Crippen molar-refractivity contribution in [1.29, 1.82) is 0 Å². The second kappa shape index (κ2) is 14.9. The first-order valence-corrected chi connectivity index (χ1v) is 20.9. The SMILES string of the molecule is Cc1cc(C)c(-c2ccc(Oc3cccc(-n4cc(-c5ccccc5)cn4)c3)cc2N2CN(c3c(C)cc(C)cc3C)c3c2cc(C(C)(C)C)cc3C(C)(C)C)c(C)c1. The molecule has 0 aliphatic carbocycles. The first kappa shape index (κ1) is 39.7. The molecular formula is C54H58N4O. The summed E-state index contributed by atoms with van der Waals surface area (Å²) in [6.07, 6.45) is 3.98. The van der Waals surface area contributed by atoms with Crippen LogP contribution in [0.5, 0.6) is 11.5 Å². The summed E-state index contributed by atoms with van der Waals surface area (Å²) in [6, 6.07) is 39.4. The number of aryl methyl sites for hydroxylation is 6. The summed E-state index contributed by atoms with van der Waals surface area (Å²) in [5.41, 5.74) is 20.6. The molecule has 5 nitrogen and oxygen atoms in total. The van der Waals surface area contributed by atoms with Crippen molar-refractivity contribution in [2.24, 2.45) is 0 Å². The third-order valence-electron chi connectivity index (χ3n) is 11.7. The fourth-order valence-electron chi connectivity index (χ4n) is 9.07. The topological polar surface area (TPSA) is 33.5 Å². The van der Waals surface area contributed by atoms with Gasteiger partial charge in [-0.2, -0.15) is 5.10 Å². The Kier molecular flexibility index (Phi) is 10.1. The predicted octanol–water partition coefficient (Wildman–Crippen LogP) is 14.7. The standard InChI is InChI=1S/C54H58N4O/c1-34-23-36(3)50(37(4)24-34)46-22-21-45(59-44-20-16-19-43(29-44)58-32-41(31-55-58)40-17-14-13-15-18-40)30-48(46)56-33-57(51-38(5)25-35(2)26-39(51)6)52-47(54(10,11)12)27-42(28-49(52)56)53(7,8)9/h13-32H,33H2,1-12H3. The molecule has 8 rings (SSSR count). The molecule has 2 heterocycles. The molecule has 0 saturated heterocycles. The third-order valence-corrected chi connectivity index (χ3v) is 11.7. The van der Waals surface area contributed by atoms with Gasteiger partial charge in [0.15, 0.2) is 0 Å². The number of rotatable bonds is 7. The highest BCUT2D eigenvalue weighted by molar-refractivity contribution is 5.96. The maximum absolute atomic E-state index is 6.83. The molecule has 0 unspecified atom stereocenters. The summed E-state index contributed by atoms with van der Waals surface area (Å²) in [5.74, 6) is 1.53. The van der Waals surface area contributed by atoms with E-state index in [1.54, 1.807) is 0 Å². The fraction of sp³-hybridized carbons (Fsp3) is 0.278. The first-order chi connectivity index (χ1) is 28.0. The Morgan fingerprint density at radius 2 is 1.19 bits per heavy atom. The number of benzene rings is 6. The second-order valence-electron chi connectivity index (χ2n) is 18.7. The van der Waals surface area contributed by atoms with Gasteiger partial charge in [0.05, 0.1) is 28.9 Å². The van der Waals surface area contributed by atoms with E-state index in [9.17, 15) is 0 Å². The summed E-state index contributed by atoms with van der Waals surface area (Å²) in [7, 11) is 0. The summed E-state index contributed by atoms with van der Waals surface area (Å²) in [6.45, 7) is 28.1. The highest BCUT2D eigenvalue weighted by Crippen LogP contribution is 2.54. The fourth-order valence-corrected chi connectivity index (χ4v) is 9.07. The van der Waals surface area contributed by atoms with Crippen molar-refractivity contribution >= 4 is 22.7 Å². The van der Waals surface area contributed by atoms with Crippen LogP contribution in [0.2, 0.25) is 0 Å². The Morgan fingerprint density at radius 1 is 0.542 bits per heavy atom. The number of aromatic nitrogens is 2. The van der Waals surface area contributed by atoms with Crippen molar-refractivity contribution in [2.45, 2.75) is 93.9 Å². The summed E-state index contributed by atoms with van der Waals surface area (Å²) in [5, 5.41) is 4.71. The molecule has 6 aromatic carbocycles. The lowest BCUT2D eigenvalue weighted by Gasteiger charge is -2.31. The van der Waals surface area contributed by atoms with Crippen molar-refractivity contribution in [3.05, 3.63) is 166 Å². The number of fused-ring (bicyclic) bond motifs is 1. The Labute approximate surface area is 351 Å². The Bertz CT molecular complexity index is 2660. The van der Waals surface area contributed by atoms with Crippen molar-refractivity contribution in [3.8, 4) is 39.4 Å². The minimum atomic E-state index is -0.106. The molecule has 0 radical (unpaired) electrons. The molecule has 0 fully saturated rings. The highest BCUT2D eigenvalue weighted by Gasteiger charge is 2.38. The Hall–Kier alpha value is -6.07. The lowest BCUT2D eigenvalue weighted by molar-refractivity contribution is 0.482. The molecule has 1 aliphatic heterocycles. The zero-order chi connectivity index (χ0) is 42.0. The van der Waals surface area contributed by atoms with Crippen LogP contribution in [0, 0.1) is 41.5 Å². The first-order valence-electron chi connectivity index (χ1n) is 20.9. The van der Waals surface area contributed by atoms with E-state index in [1.165, 1.54) is 72.7 Å². The van der Waals surface area contributed by atoms with Gasteiger partial charge < -0.3 is 14.5 Å². The molecule has 0 saturated carbocycles. The van der Waals surface area contributed by atoms with Crippen molar-refractivity contribution in [3.63, 3.8) is 0 Å². The van der Waals surface area contributed by atoms with Gasteiger partial charge in [-0.05, 0) is 127 Å². The largest absolute Gasteiger partial charge is 0.457 e.